The number of rotatable bonds is 9. The number of carboxylic acids is 1. The molecule has 0 radical (unpaired) electrons. The molecule has 0 aliphatic carbocycles. The number of hydrogen-bond acceptors (Lipinski definition) is 6. The number of halogens is 2. The van der Waals surface area contributed by atoms with E-state index in [9.17, 15) is 19.5 Å². The standard InChI is InChI=1S/C27H24Cl2N4O4/c28-20-5-2-6-21(29)24(20)25(35)33-22(26(36)37)13-16-7-9-17(10-8-16)14-23(34)18-3-1-4-19(15-18)32-27-30-11-12-31-27/h1-10,15,22H,11-14H2,(H,33,35)(H,36,37)(H2,30,31,32)/t22-/m0/s1. The van der Waals surface area contributed by atoms with Crippen molar-refractivity contribution < 1.29 is 19.5 Å². The predicted molar refractivity (Wildman–Crippen MR) is 144 cm³/mol. The van der Waals surface area contributed by atoms with Crippen LogP contribution in [-0.4, -0.2) is 47.9 Å². The molecular formula is C27H24Cl2N4O4. The number of guanidine groups is 1. The number of ketones is 1. The minimum absolute atomic E-state index is 0.0257. The number of amides is 1. The van der Waals surface area contributed by atoms with Gasteiger partial charge in [-0.15, -0.1) is 0 Å². The van der Waals surface area contributed by atoms with Crippen LogP contribution in [-0.2, 0) is 17.6 Å². The van der Waals surface area contributed by atoms with Crippen LogP contribution in [0.1, 0.15) is 31.8 Å². The molecule has 0 unspecified atom stereocenters. The Bertz CT molecular complexity index is 1340. The molecule has 0 fully saturated rings. The van der Waals surface area contributed by atoms with Gasteiger partial charge in [-0.05, 0) is 35.4 Å². The van der Waals surface area contributed by atoms with E-state index in [4.69, 9.17) is 23.2 Å². The van der Waals surface area contributed by atoms with Crippen LogP contribution in [0, 0.1) is 0 Å². The largest absolute Gasteiger partial charge is 0.480 e. The Kier molecular flexibility index (Phi) is 8.43. The van der Waals surface area contributed by atoms with Crippen LogP contribution in [0.25, 0.3) is 0 Å². The smallest absolute Gasteiger partial charge is 0.326 e. The monoisotopic (exact) mass is 538 g/mol. The number of carbonyl (C=O) groups is 3. The van der Waals surface area contributed by atoms with Crippen LogP contribution < -0.4 is 16.0 Å². The van der Waals surface area contributed by atoms with Gasteiger partial charge >= 0.3 is 5.97 Å². The third kappa shape index (κ3) is 6.87. The summed E-state index contributed by atoms with van der Waals surface area (Å²) in [7, 11) is 0. The first-order valence-electron chi connectivity index (χ1n) is 11.5. The third-order valence-electron chi connectivity index (χ3n) is 5.74. The van der Waals surface area contributed by atoms with Crippen molar-refractivity contribution in [3.63, 3.8) is 0 Å². The first-order valence-corrected chi connectivity index (χ1v) is 12.3. The normalized spacial score (nSPS) is 13.3. The summed E-state index contributed by atoms with van der Waals surface area (Å²) in [6, 6.07) is 17.7. The summed E-state index contributed by atoms with van der Waals surface area (Å²) in [4.78, 5) is 41.6. The van der Waals surface area contributed by atoms with Crippen molar-refractivity contribution >= 4 is 52.5 Å². The van der Waals surface area contributed by atoms with Gasteiger partial charge in [0.2, 0.25) is 0 Å². The number of hydrogen-bond donors (Lipinski definition) is 4. The molecule has 4 rings (SSSR count). The zero-order chi connectivity index (χ0) is 26.4. The van der Waals surface area contributed by atoms with Crippen LogP contribution in [0.2, 0.25) is 10.0 Å². The van der Waals surface area contributed by atoms with E-state index in [0.29, 0.717) is 23.6 Å². The Balaban J connectivity index is 1.38. The molecule has 10 heteroatoms. The molecule has 3 aromatic rings. The number of nitrogens with one attached hydrogen (secondary N) is 3. The highest BCUT2D eigenvalue weighted by molar-refractivity contribution is 6.39. The summed E-state index contributed by atoms with van der Waals surface area (Å²) in [6.45, 7) is 1.50. The van der Waals surface area contributed by atoms with Crippen LogP contribution in [0.4, 0.5) is 5.69 Å². The summed E-state index contributed by atoms with van der Waals surface area (Å²) >= 11 is 12.1. The molecule has 8 nitrogen and oxygen atoms in total. The fourth-order valence-electron chi connectivity index (χ4n) is 3.85. The molecule has 0 spiro atoms. The predicted octanol–water partition coefficient (Wildman–Crippen LogP) is 4.22. The van der Waals surface area contributed by atoms with Crippen LogP contribution in [0.15, 0.2) is 71.7 Å². The van der Waals surface area contributed by atoms with E-state index in [-0.39, 0.29) is 34.2 Å². The van der Waals surface area contributed by atoms with Gasteiger partial charge in [-0.2, -0.15) is 0 Å². The van der Waals surface area contributed by atoms with Gasteiger partial charge < -0.3 is 21.1 Å². The van der Waals surface area contributed by atoms with E-state index in [2.05, 4.69) is 20.9 Å². The minimum Gasteiger partial charge on any atom is -0.480 e. The maximum atomic E-state index is 12.8. The van der Waals surface area contributed by atoms with Crippen molar-refractivity contribution in [3.05, 3.63) is 99.0 Å². The topological polar surface area (TPSA) is 120 Å². The fraction of sp³-hybridized carbons (Fsp3) is 0.185. The lowest BCUT2D eigenvalue weighted by molar-refractivity contribution is -0.139. The van der Waals surface area contributed by atoms with Crippen molar-refractivity contribution in [2.75, 3.05) is 18.4 Å². The van der Waals surface area contributed by atoms with Gasteiger partial charge in [0.25, 0.3) is 5.91 Å². The molecule has 190 valence electrons. The number of nitrogens with zero attached hydrogens (tertiary/aromatic N) is 1. The van der Waals surface area contributed by atoms with E-state index >= 15 is 0 Å². The Hall–Kier alpha value is -3.88. The maximum absolute atomic E-state index is 12.8. The van der Waals surface area contributed by atoms with Gasteiger partial charge in [-0.25, -0.2) is 4.79 Å². The molecule has 1 heterocycles. The minimum atomic E-state index is -1.19. The molecule has 37 heavy (non-hydrogen) atoms. The lowest BCUT2D eigenvalue weighted by Crippen LogP contribution is -2.42. The van der Waals surface area contributed by atoms with E-state index in [1.54, 1.807) is 42.5 Å². The van der Waals surface area contributed by atoms with Crippen LogP contribution >= 0.6 is 23.2 Å². The van der Waals surface area contributed by atoms with Gasteiger partial charge in [0.05, 0.1) is 22.2 Å². The van der Waals surface area contributed by atoms with Crippen molar-refractivity contribution in [1.82, 2.24) is 10.6 Å². The zero-order valence-electron chi connectivity index (χ0n) is 19.6. The average Bonchev–Trinajstić information content (AvgIpc) is 3.38. The Morgan fingerprint density at radius 2 is 1.65 bits per heavy atom. The number of anilines is 1. The number of aliphatic carboxylic acids is 1. The summed E-state index contributed by atoms with van der Waals surface area (Å²) in [5, 5.41) is 18.7. The van der Waals surface area contributed by atoms with Crippen LogP contribution in [0.3, 0.4) is 0 Å². The summed E-state index contributed by atoms with van der Waals surface area (Å²) in [5.74, 6) is -1.23. The SMILES string of the molecule is O=C(Cc1ccc(C[C@H](NC(=O)c2c(Cl)cccc2Cl)C(=O)O)cc1)c1cccc(NC2=NCCN2)c1. The molecule has 1 amide bonds. The Morgan fingerprint density at radius 1 is 0.973 bits per heavy atom. The molecular weight excluding hydrogens is 515 g/mol. The molecule has 1 atom stereocenters. The van der Waals surface area contributed by atoms with Gasteiger partial charge in [0.1, 0.15) is 6.04 Å². The first-order chi connectivity index (χ1) is 17.8. The second kappa shape index (κ2) is 11.9. The maximum Gasteiger partial charge on any atom is 0.326 e. The molecule has 1 aliphatic heterocycles. The average molecular weight is 539 g/mol. The van der Waals surface area contributed by atoms with E-state index in [1.165, 1.54) is 12.1 Å². The van der Waals surface area contributed by atoms with E-state index in [0.717, 1.165) is 17.8 Å². The van der Waals surface area contributed by atoms with Gasteiger partial charge in [0, 0.05) is 30.6 Å². The second-order valence-electron chi connectivity index (χ2n) is 8.44. The molecule has 0 aromatic heterocycles. The summed E-state index contributed by atoms with van der Waals surface area (Å²) in [6.07, 6.45) is 0.232. The lowest BCUT2D eigenvalue weighted by Gasteiger charge is -2.16. The molecule has 0 saturated carbocycles. The summed E-state index contributed by atoms with van der Waals surface area (Å²) in [5.41, 5.74) is 2.84. The number of benzene rings is 3. The second-order valence-corrected chi connectivity index (χ2v) is 9.26. The summed E-state index contributed by atoms with van der Waals surface area (Å²) < 4.78 is 0. The van der Waals surface area contributed by atoms with Crippen molar-refractivity contribution in [2.45, 2.75) is 18.9 Å². The quantitative estimate of drug-likeness (QED) is 0.303. The number of Topliss-reactive ketones (excluding diaryl/α,β-unsaturated/α-hetero) is 1. The highest BCUT2D eigenvalue weighted by Gasteiger charge is 2.24. The van der Waals surface area contributed by atoms with Crippen LogP contribution in [0.5, 0.6) is 0 Å². The van der Waals surface area contributed by atoms with Crippen molar-refractivity contribution in [1.29, 1.82) is 0 Å². The van der Waals surface area contributed by atoms with E-state index < -0.39 is 17.9 Å². The first kappa shape index (κ1) is 26.2. The zero-order valence-corrected chi connectivity index (χ0v) is 21.1. The van der Waals surface area contributed by atoms with Gasteiger partial charge in [-0.3, -0.25) is 14.6 Å². The van der Waals surface area contributed by atoms with E-state index in [1.807, 2.05) is 12.1 Å². The molecule has 0 saturated heterocycles. The van der Waals surface area contributed by atoms with Gasteiger partial charge in [-0.1, -0.05) is 65.7 Å². The van der Waals surface area contributed by atoms with Crippen molar-refractivity contribution in [2.24, 2.45) is 4.99 Å². The molecule has 3 aromatic carbocycles. The van der Waals surface area contributed by atoms with Crippen molar-refractivity contribution in [3.8, 4) is 0 Å². The molecule has 0 bridgehead atoms. The van der Waals surface area contributed by atoms with Gasteiger partial charge in [0.15, 0.2) is 11.7 Å². The Labute approximate surface area is 223 Å². The number of aliphatic imine (C=N–C) groups is 1. The third-order valence-corrected chi connectivity index (χ3v) is 6.37. The molecule has 1 aliphatic rings. The highest BCUT2D eigenvalue weighted by atomic mass is 35.5. The highest BCUT2D eigenvalue weighted by Crippen LogP contribution is 2.24. The Morgan fingerprint density at radius 3 is 2.30 bits per heavy atom. The molecule has 4 N–H and O–H groups in total. The number of carbonyl (C=O) groups excluding carboxylic acids is 2. The lowest BCUT2D eigenvalue weighted by atomic mass is 9.99. The fourth-order valence-corrected chi connectivity index (χ4v) is 4.42. The number of carboxylic acid groups (broad SMARTS) is 1.